The molecule has 1 aromatic heterocycles. The zero-order valence-corrected chi connectivity index (χ0v) is 14.7. The molecule has 0 bridgehead atoms. The Balaban J connectivity index is 1.61. The molecule has 0 aromatic carbocycles. The molecule has 0 aliphatic carbocycles. The molecule has 2 aliphatic rings. The van der Waals surface area contributed by atoms with Gasteiger partial charge >= 0.3 is 6.18 Å². The average molecular weight is 383 g/mol. The largest absolute Gasteiger partial charge is 0.423 e. The first kappa shape index (κ1) is 19.3. The summed E-state index contributed by atoms with van der Waals surface area (Å²) in [5, 5.41) is 15.3. The van der Waals surface area contributed by atoms with Gasteiger partial charge in [-0.2, -0.15) is 23.4 Å². The van der Waals surface area contributed by atoms with Crippen molar-refractivity contribution < 1.29 is 22.4 Å². The number of nitrogens with zero attached hydrogens (tertiary/aromatic N) is 5. The number of hydrogen-bond acceptors (Lipinski definition) is 6. The van der Waals surface area contributed by atoms with Crippen LogP contribution in [0.2, 0.25) is 0 Å². The van der Waals surface area contributed by atoms with E-state index in [0.717, 1.165) is 12.8 Å². The number of likely N-dealkylation sites (tertiary alicyclic amines) is 1. The Morgan fingerprint density at radius 2 is 2.07 bits per heavy atom. The number of alkyl halides is 3. The number of carbonyl (C=O) groups excluding carboxylic acids is 1. The smallest absolute Gasteiger partial charge is 0.397 e. The molecule has 2 aliphatic heterocycles. The molecule has 10 heteroatoms. The summed E-state index contributed by atoms with van der Waals surface area (Å²) in [6.07, 6.45) is 3.66. The maximum atomic E-state index is 12.7. The van der Waals surface area contributed by atoms with E-state index in [1.54, 1.807) is 4.90 Å². The molecule has 0 N–H and O–H groups in total. The first-order chi connectivity index (χ1) is 12.8. The van der Waals surface area contributed by atoms with E-state index in [9.17, 15) is 18.0 Å². The molecular weight excluding hydrogens is 363 g/mol. The predicted molar refractivity (Wildman–Crippen MR) is 87.3 cm³/mol. The quantitative estimate of drug-likeness (QED) is 0.674. The monoisotopic (exact) mass is 383 g/mol. The third-order valence-electron chi connectivity index (χ3n) is 4.73. The Morgan fingerprint density at radius 1 is 1.30 bits per heavy atom. The van der Waals surface area contributed by atoms with Gasteiger partial charge in [0, 0.05) is 32.2 Å². The standard InChI is InChI=1S/C17H20F3N5O2/c1-2-3-8-16(23-24-16)9-7-14(26)25-10-5-4-6-12(25)15-22-21-13(27-15)11-17(18,19)20/h1,12H,3-11H2. The number of carbonyl (C=O) groups is 1. The van der Waals surface area contributed by atoms with Crippen molar-refractivity contribution in [2.75, 3.05) is 6.54 Å². The summed E-state index contributed by atoms with van der Waals surface area (Å²) >= 11 is 0. The van der Waals surface area contributed by atoms with Crippen LogP contribution in [0.3, 0.4) is 0 Å². The molecule has 1 aromatic rings. The molecule has 0 spiro atoms. The van der Waals surface area contributed by atoms with E-state index in [4.69, 9.17) is 10.8 Å². The second-order valence-corrected chi connectivity index (χ2v) is 6.81. The van der Waals surface area contributed by atoms with Gasteiger partial charge in [-0.05, 0) is 19.3 Å². The highest BCUT2D eigenvalue weighted by Crippen LogP contribution is 2.39. The Labute approximate surface area is 154 Å². The fraction of sp³-hybridized carbons (Fsp3) is 0.706. The van der Waals surface area contributed by atoms with Gasteiger partial charge in [0.05, 0.1) is 0 Å². The molecule has 1 fully saturated rings. The van der Waals surface area contributed by atoms with Crippen molar-refractivity contribution in [3.8, 4) is 12.3 Å². The van der Waals surface area contributed by atoms with Crippen LogP contribution in [0.1, 0.15) is 62.8 Å². The molecule has 27 heavy (non-hydrogen) atoms. The number of hydrogen-bond donors (Lipinski definition) is 0. The summed E-state index contributed by atoms with van der Waals surface area (Å²) < 4.78 is 42.6. The van der Waals surface area contributed by atoms with E-state index in [2.05, 4.69) is 26.3 Å². The Kier molecular flexibility index (Phi) is 5.48. The minimum absolute atomic E-state index is 0.0603. The van der Waals surface area contributed by atoms with Gasteiger partial charge < -0.3 is 9.32 Å². The predicted octanol–water partition coefficient (Wildman–Crippen LogP) is 3.58. The Bertz CT molecular complexity index is 746. The van der Waals surface area contributed by atoms with Crippen molar-refractivity contribution in [2.24, 2.45) is 10.2 Å². The molecule has 146 valence electrons. The van der Waals surface area contributed by atoms with Crippen molar-refractivity contribution in [3.63, 3.8) is 0 Å². The molecule has 3 rings (SSSR count). The van der Waals surface area contributed by atoms with Gasteiger partial charge in [-0.1, -0.05) is 0 Å². The maximum absolute atomic E-state index is 12.7. The van der Waals surface area contributed by atoms with Gasteiger partial charge in [0.25, 0.3) is 0 Å². The summed E-state index contributed by atoms with van der Waals surface area (Å²) in [6.45, 7) is 0.506. The van der Waals surface area contributed by atoms with E-state index in [1.165, 1.54) is 0 Å². The molecule has 0 radical (unpaired) electrons. The van der Waals surface area contributed by atoms with E-state index < -0.39 is 30.2 Å². The van der Waals surface area contributed by atoms with Crippen molar-refractivity contribution in [2.45, 2.75) is 69.2 Å². The number of halogens is 3. The first-order valence-corrected chi connectivity index (χ1v) is 8.88. The van der Waals surface area contributed by atoms with Crippen LogP contribution in [0.15, 0.2) is 14.6 Å². The van der Waals surface area contributed by atoms with Crippen LogP contribution >= 0.6 is 0 Å². The van der Waals surface area contributed by atoms with Gasteiger partial charge in [0.15, 0.2) is 5.66 Å². The molecule has 1 amide bonds. The lowest BCUT2D eigenvalue weighted by Crippen LogP contribution is -2.39. The lowest BCUT2D eigenvalue weighted by molar-refractivity contribution is -0.136. The zero-order chi connectivity index (χ0) is 19.5. The minimum atomic E-state index is -4.42. The maximum Gasteiger partial charge on any atom is 0.397 e. The highest BCUT2D eigenvalue weighted by molar-refractivity contribution is 5.76. The third-order valence-corrected chi connectivity index (χ3v) is 4.73. The molecular formula is C17H20F3N5O2. The summed E-state index contributed by atoms with van der Waals surface area (Å²) in [5.74, 6) is 1.99. The minimum Gasteiger partial charge on any atom is -0.423 e. The molecule has 1 saturated heterocycles. The van der Waals surface area contributed by atoms with Crippen LogP contribution in [0.4, 0.5) is 13.2 Å². The SMILES string of the molecule is C#CCCC1(CCC(=O)N2CCCCC2c2nnc(CC(F)(F)F)o2)N=N1. The summed E-state index contributed by atoms with van der Waals surface area (Å²) in [7, 11) is 0. The van der Waals surface area contributed by atoms with Gasteiger partial charge in [0.2, 0.25) is 17.7 Å². The number of rotatable bonds is 7. The highest BCUT2D eigenvalue weighted by Gasteiger charge is 2.41. The van der Waals surface area contributed by atoms with Crippen molar-refractivity contribution in [1.29, 1.82) is 0 Å². The Morgan fingerprint density at radius 3 is 2.74 bits per heavy atom. The molecule has 7 nitrogen and oxygen atoms in total. The lowest BCUT2D eigenvalue weighted by atomic mass is 9.98. The van der Waals surface area contributed by atoms with E-state index in [1.807, 2.05) is 0 Å². The van der Waals surface area contributed by atoms with Crippen LogP contribution in [-0.2, 0) is 11.2 Å². The number of aromatic nitrogens is 2. The van der Waals surface area contributed by atoms with Gasteiger partial charge in [0.1, 0.15) is 12.5 Å². The second-order valence-electron chi connectivity index (χ2n) is 6.81. The first-order valence-electron chi connectivity index (χ1n) is 8.88. The second kappa shape index (κ2) is 7.66. The van der Waals surface area contributed by atoms with Crippen molar-refractivity contribution >= 4 is 5.91 Å². The summed E-state index contributed by atoms with van der Waals surface area (Å²) in [4.78, 5) is 14.3. The highest BCUT2D eigenvalue weighted by atomic mass is 19.4. The molecule has 1 unspecified atom stereocenters. The fourth-order valence-electron chi connectivity index (χ4n) is 3.25. The van der Waals surface area contributed by atoms with E-state index in [-0.39, 0.29) is 18.2 Å². The number of amides is 1. The van der Waals surface area contributed by atoms with Crippen LogP contribution in [-0.4, -0.2) is 39.4 Å². The molecule has 3 heterocycles. The van der Waals surface area contributed by atoms with Gasteiger partial charge in [-0.15, -0.1) is 22.5 Å². The summed E-state index contributed by atoms with van der Waals surface area (Å²) in [5.41, 5.74) is -0.544. The molecule has 1 atom stereocenters. The number of piperidine rings is 1. The molecule has 0 saturated carbocycles. The van der Waals surface area contributed by atoms with Gasteiger partial charge in [-0.25, -0.2) is 0 Å². The summed E-state index contributed by atoms with van der Waals surface area (Å²) in [6, 6.07) is -0.490. The lowest BCUT2D eigenvalue weighted by Gasteiger charge is -2.33. The van der Waals surface area contributed by atoms with Crippen LogP contribution in [0, 0.1) is 12.3 Å². The normalized spacial score (nSPS) is 21.1. The van der Waals surface area contributed by atoms with Crippen LogP contribution < -0.4 is 0 Å². The van der Waals surface area contributed by atoms with Crippen LogP contribution in [0.25, 0.3) is 0 Å². The van der Waals surface area contributed by atoms with E-state index >= 15 is 0 Å². The van der Waals surface area contributed by atoms with Gasteiger partial charge in [-0.3, -0.25) is 4.79 Å². The van der Waals surface area contributed by atoms with Crippen molar-refractivity contribution in [1.82, 2.24) is 15.1 Å². The third kappa shape index (κ3) is 5.05. The van der Waals surface area contributed by atoms with Crippen LogP contribution in [0.5, 0.6) is 0 Å². The van der Waals surface area contributed by atoms with E-state index in [0.29, 0.717) is 32.2 Å². The topological polar surface area (TPSA) is 84.0 Å². The Hall–Kier alpha value is -2.44. The number of terminal acetylenes is 1. The van der Waals surface area contributed by atoms with Crippen molar-refractivity contribution in [3.05, 3.63) is 11.8 Å². The fourth-order valence-corrected chi connectivity index (χ4v) is 3.25. The zero-order valence-electron chi connectivity index (χ0n) is 14.7. The average Bonchev–Trinajstić information content (AvgIpc) is 3.26.